The Hall–Kier alpha value is -1.92. The molecule has 1 fully saturated rings. The molecule has 1 aromatic carbocycles. The van der Waals surface area contributed by atoms with Gasteiger partial charge in [0.2, 0.25) is 5.91 Å². The first-order chi connectivity index (χ1) is 11.0. The Labute approximate surface area is 136 Å². The Morgan fingerprint density at radius 3 is 2.61 bits per heavy atom. The van der Waals surface area contributed by atoms with Gasteiger partial charge in [0.1, 0.15) is 12.3 Å². The number of nitrogens with one attached hydrogen (secondary N) is 1. The normalized spacial score (nSPS) is 20.3. The zero-order valence-electron chi connectivity index (χ0n) is 13.3. The van der Waals surface area contributed by atoms with Crippen LogP contribution in [0.1, 0.15) is 31.7 Å². The molecule has 0 saturated carbocycles. The third-order valence-electron chi connectivity index (χ3n) is 4.19. The number of hydrogen-bond donors (Lipinski definition) is 3. The van der Waals surface area contributed by atoms with Crippen molar-refractivity contribution in [1.82, 2.24) is 10.2 Å². The first-order valence-corrected chi connectivity index (χ1v) is 8.00. The number of carboxylic acids is 1. The third-order valence-corrected chi connectivity index (χ3v) is 4.19. The molecule has 1 heterocycles. The monoisotopic (exact) mass is 320 g/mol. The van der Waals surface area contributed by atoms with Gasteiger partial charge < -0.3 is 15.1 Å². The number of amides is 1. The van der Waals surface area contributed by atoms with E-state index in [4.69, 9.17) is 0 Å². The number of carbonyl (C=O) groups excluding carboxylic acids is 1. The van der Waals surface area contributed by atoms with Crippen molar-refractivity contribution < 1.29 is 19.8 Å². The molecule has 126 valence electrons. The molecule has 3 atom stereocenters. The smallest absolute Gasteiger partial charge is 0.320 e. The maximum Gasteiger partial charge on any atom is 0.320 e. The van der Waals surface area contributed by atoms with E-state index in [-0.39, 0.29) is 5.91 Å². The van der Waals surface area contributed by atoms with Crippen LogP contribution in [0.3, 0.4) is 0 Å². The summed E-state index contributed by atoms with van der Waals surface area (Å²) in [7, 11) is 0. The topological polar surface area (TPSA) is 89.9 Å². The quantitative estimate of drug-likeness (QED) is 0.697. The number of aliphatic hydroxyl groups is 1. The van der Waals surface area contributed by atoms with Gasteiger partial charge in [0.15, 0.2) is 0 Å². The van der Waals surface area contributed by atoms with Crippen molar-refractivity contribution in [3.63, 3.8) is 0 Å². The Morgan fingerprint density at radius 1 is 1.35 bits per heavy atom. The molecule has 1 aliphatic rings. The van der Waals surface area contributed by atoms with Crippen molar-refractivity contribution in [1.29, 1.82) is 0 Å². The SMILES string of the molecule is CC(NC(CCc1ccccc1)C(=O)O)C(=O)N1CCCC1O. The largest absolute Gasteiger partial charge is 0.480 e. The predicted molar refractivity (Wildman–Crippen MR) is 85.7 cm³/mol. The molecule has 0 spiro atoms. The number of rotatable bonds is 7. The number of likely N-dealkylation sites (tertiary alicyclic amines) is 1. The maximum atomic E-state index is 12.3. The molecular formula is C17H24N2O4. The molecule has 1 saturated heterocycles. The van der Waals surface area contributed by atoms with Gasteiger partial charge in [0.05, 0.1) is 6.04 Å². The van der Waals surface area contributed by atoms with Crippen LogP contribution in [0.25, 0.3) is 0 Å². The number of aliphatic carboxylic acids is 1. The Morgan fingerprint density at radius 2 is 2.04 bits per heavy atom. The second-order valence-corrected chi connectivity index (χ2v) is 5.96. The number of aryl methyl sites for hydroxylation is 1. The van der Waals surface area contributed by atoms with E-state index >= 15 is 0 Å². The van der Waals surface area contributed by atoms with Crippen LogP contribution in [0.5, 0.6) is 0 Å². The summed E-state index contributed by atoms with van der Waals surface area (Å²) in [5.74, 6) is -1.22. The van der Waals surface area contributed by atoms with Crippen LogP contribution in [0.2, 0.25) is 0 Å². The van der Waals surface area contributed by atoms with Gasteiger partial charge in [-0.05, 0) is 38.2 Å². The molecule has 3 unspecified atom stereocenters. The highest BCUT2D eigenvalue weighted by Gasteiger charge is 2.31. The van der Waals surface area contributed by atoms with E-state index in [1.165, 1.54) is 4.90 Å². The van der Waals surface area contributed by atoms with Crippen molar-refractivity contribution in [3.8, 4) is 0 Å². The lowest BCUT2D eigenvalue weighted by Gasteiger charge is -2.26. The fourth-order valence-corrected chi connectivity index (χ4v) is 2.86. The van der Waals surface area contributed by atoms with E-state index < -0.39 is 24.3 Å². The maximum absolute atomic E-state index is 12.3. The predicted octanol–water partition coefficient (Wildman–Crippen LogP) is 0.991. The van der Waals surface area contributed by atoms with Crippen molar-refractivity contribution in [2.75, 3.05) is 6.54 Å². The zero-order chi connectivity index (χ0) is 16.8. The molecule has 0 bridgehead atoms. The van der Waals surface area contributed by atoms with E-state index in [2.05, 4.69) is 5.32 Å². The first kappa shape index (κ1) is 17.4. The fraction of sp³-hybridized carbons (Fsp3) is 0.529. The molecule has 1 aliphatic heterocycles. The average Bonchev–Trinajstić information content (AvgIpc) is 2.97. The number of hydrogen-bond acceptors (Lipinski definition) is 4. The fourth-order valence-electron chi connectivity index (χ4n) is 2.86. The Balaban J connectivity index is 1.90. The minimum atomic E-state index is -0.970. The highest BCUT2D eigenvalue weighted by atomic mass is 16.4. The summed E-state index contributed by atoms with van der Waals surface area (Å²) < 4.78 is 0. The van der Waals surface area contributed by atoms with Gasteiger partial charge in [-0.25, -0.2) is 0 Å². The van der Waals surface area contributed by atoms with Crippen molar-refractivity contribution in [2.45, 2.75) is 50.9 Å². The molecule has 3 N–H and O–H groups in total. The molecule has 6 nitrogen and oxygen atoms in total. The van der Waals surface area contributed by atoms with Crippen LogP contribution < -0.4 is 5.32 Å². The van der Waals surface area contributed by atoms with Crippen molar-refractivity contribution in [3.05, 3.63) is 35.9 Å². The van der Waals surface area contributed by atoms with Crippen LogP contribution in [0.15, 0.2) is 30.3 Å². The lowest BCUT2D eigenvalue weighted by Crippen LogP contribution is -2.51. The van der Waals surface area contributed by atoms with Gasteiger partial charge in [0.25, 0.3) is 0 Å². The van der Waals surface area contributed by atoms with Crippen LogP contribution >= 0.6 is 0 Å². The molecule has 0 aliphatic carbocycles. The molecule has 0 radical (unpaired) electrons. The van der Waals surface area contributed by atoms with Gasteiger partial charge in [-0.15, -0.1) is 0 Å². The number of aliphatic hydroxyl groups excluding tert-OH is 1. The standard InChI is InChI=1S/C17H24N2O4/c1-12(16(21)19-11-5-8-15(19)20)18-14(17(22)23)10-9-13-6-3-2-4-7-13/h2-4,6-7,12,14-15,18,20H,5,8-11H2,1H3,(H,22,23). The molecule has 1 amide bonds. The zero-order valence-corrected chi connectivity index (χ0v) is 13.3. The first-order valence-electron chi connectivity index (χ1n) is 8.00. The Bertz CT molecular complexity index is 535. The second-order valence-electron chi connectivity index (χ2n) is 5.96. The molecule has 2 rings (SSSR count). The highest BCUT2D eigenvalue weighted by molar-refractivity contribution is 5.83. The van der Waals surface area contributed by atoms with Crippen LogP contribution in [0.4, 0.5) is 0 Å². The van der Waals surface area contributed by atoms with Crippen LogP contribution in [-0.2, 0) is 16.0 Å². The third kappa shape index (κ3) is 4.77. The number of carbonyl (C=O) groups is 2. The lowest BCUT2D eigenvalue weighted by atomic mass is 10.0. The van der Waals surface area contributed by atoms with Gasteiger partial charge in [-0.1, -0.05) is 30.3 Å². The number of nitrogens with zero attached hydrogens (tertiary/aromatic N) is 1. The van der Waals surface area contributed by atoms with E-state index in [0.717, 1.165) is 12.0 Å². The molecule has 0 aromatic heterocycles. The molecule has 6 heteroatoms. The van der Waals surface area contributed by atoms with E-state index in [1.807, 2.05) is 30.3 Å². The van der Waals surface area contributed by atoms with Gasteiger partial charge in [-0.3, -0.25) is 14.9 Å². The summed E-state index contributed by atoms with van der Waals surface area (Å²) in [6, 6.07) is 8.22. The second kappa shape index (κ2) is 8.08. The summed E-state index contributed by atoms with van der Waals surface area (Å²) in [5.41, 5.74) is 1.06. The van der Waals surface area contributed by atoms with Gasteiger partial charge >= 0.3 is 5.97 Å². The number of carboxylic acid groups (broad SMARTS) is 1. The summed E-state index contributed by atoms with van der Waals surface area (Å²) in [4.78, 5) is 25.1. The number of benzene rings is 1. The minimum Gasteiger partial charge on any atom is -0.480 e. The van der Waals surface area contributed by atoms with Crippen molar-refractivity contribution >= 4 is 11.9 Å². The van der Waals surface area contributed by atoms with Gasteiger partial charge in [0, 0.05) is 6.54 Å². The van der Waals surface area contributed by atoms with E-state index in [1.54, 1.807) is 6.92 Å². The minimum absolute atomic E-state index is 0.249. The van der Waals surface area contributed by atoms with Crippen molar-refractivity contribution in [2.24, 2.45) is 0 Å². The van der Waals surface area contributed by atoms with E-state index in [0.29, 0.717) is 25.8 Å². The highest BCUT2D eigenvalue weighted by Crippen LogP contribution is 2.16. The molecule has 1 aromatic rings. The lowest BCUT2D eigenvalue weighted by molar-refractivity contribution is -0.142. The summed E-state index contributed by atoms with van der Waals surface area (Å²) in [5, 5.41) is 22.0. The summed E-state index contributed by atoms with van der Waals surface area (Å²) in [6.07, 6.45) is 1.63. The summed E-state index contributed by atoms with van der Waals surface area (Å²) >= 11 is 0. The van der Waals surface area contributed by atoms with Gasteiger partial charge in [-0.2, -0.15) is 0 Å². The van der Waals surface area contributed by atoms with Crippen LogP contribution in [0, 0.1) is 0 Å². The molecular weight excluding hydrogens is 296 g/mol. The average molecular weight is 320 g/mol. The van der Waals surface area contributed by atoms with E-state index in [9.17, 15) is 19.8 Å². The molecule has 23 heavy (non-hydrogen) atoms. The summed E-state index contributed by atoms with van der Waals surface area (Å²) in [6.45, 7) is 2.17. The Kier molecular flexibility index (Phi) is 6.12. The van der Waals surface area contributed by atoms with Crippen LogP contribution in [-0.4, -0.2) is 51.8 Å².